The van der Waals surface area contributed by atoms with Crippen LogP contribution in [-0.4, -0.2) is 12.5 Å². The molecule has 19 heavy (non-hydrogen) atoms. The van der Waals surface area contributed by atoms with E-state index in [9.17, 15) is 9.18 Å². The second kappa shape index (κ2) is 4.83. The minimum absolute atomic E-state index is 0.0414. The third kappa shape index (κ3) is 2.57. The van der Waals surface area contributed by atoms with Crippen molar-refractivity contribution in [1.29, 1.82) is 0 Å². The summed E-state index contributed by atoms with van der Waals surface area (Å²) in [6, 6.07) is 4.21. The first-order chi connectivity index (χ1) is 9.17. The van der Waals surface area contributed by atoms with Gasteiger partial charge in [0.05, 0.1) is 12.3 Å². The molecule has 0 aliphatic heterocycles. The molecule has 102 valence electrons. The first kappa shape index (κ1) is 12.5. The molecule has 2 saturated carbocycles. The van der Waals surface area contributed by atoms with Crippen LogP contribution in [0.1, 0.15) is 26.2 Å². The van der Waals surface area contributed by atoms with E-state index in [4.69, 9.17) is 4.74 Å². The van der Waals surface area contributed by atoms with Crippen molar-refractivity contribution in [3.8, 4) is 5.75 Å². The Kier molecular flexibility index (Phi) is 3.17. The maximum absolute atomic E-state index is 13.2. The zero-order valence-electron chi connectivity index (χ0n) is 11.0. The molecule has 0 bridgehead atoms. The second-order valence-corrected chi connectivity index (χ2v) is 5.49. The number of anilines is 1. The molecule has 1 N–H and O–H groups in total. The number of rotatable bonds is 4. The molecule has 2 fully saturated rings. The summed E-state index contributed by atoms with van der Waals surface area (Å²) in [4.78, 5) is 12.2. The van der Waals surface area contributed by atoms with Crippen molar-refractivity contribution >= 4 is 11.6 Å². The van der Waals surface area contributed by atoms with Crippen molar-refractivity contribution in [1.82, 2.24) is 0 Å². The number of carbonyl (C=O) groups is 1. The Morgan fingerprint density at radius 2 is 2.11 bits per heavy atom. The summed E-state index contributed by atoms with van der Waals surface area (Å²) >= 11 is 0. The lowest BCUT2D eigenvalue weighted by molar-refractivity contribution is -0.120. The van der Waals surface area contributed by atoms with Gasteiger partial charge in [0.1, 0.15) is 11.6 Å². The van der Waals surface area contributed by atoms with E-state index in [1.165, 1.54) is 18.6 Å². The van der Waals surface area contributed by atoms with Crippen LogP contribution in [0.5, 0.6) is 5.75 Å². The topological polar surface area (TPSA) is 38.3 Å². The van der Waals surface area contributed by atoms with Crippen molar-refractivity contribution in [3.05, 3.63) is 24.0 Å². The van der Waals surface area contributed by atoms with Crippen LogP contribution in [-0.2, 0) is 4.79 Å². The molecule has 1 amide bonds. The fourth-order valence-electron chi connectivity index (χ4n) is 3.04. The summed E-state index contributed by atoms with van der Waals surface area (Å²) in [5.41, 5.74) is 0.564. The molecule has 1 aromatic rings. The Labute approximate surface area is 112 Å². The summed E-state index contributed by atoms with van der Waals surface area (Å²) in [6.07, 6.45) is 3.30. The summed E-state index contributed by atoms with van der Waals surface area (Å²) in [5.74, 6) is 1.75. The quantitative estimate of drug-likeness (QED) is 0.905. The third-order valence-corrected chi connectivity index (χ3v) is 4.12. The summed E-state index contributed by atoms with van der Waals surface area (Å²) < 4.78 is 18.5. The van der Waals surface area contributed by atoms with Crippen LogP contribution >= 0.6 is 0 Å². The highest BCUT2D eigenvalue weighted by Gasteiger charge is 2.48. The van der Waals surface area contributed by atoms with Gasteiger partial charge in [-0.3, -0.25) is 4.79 Å². The van der Waals surface area contributed by atoms with Crippen LogP contribution in [0.2, 0.25) is 0 Å². The first-order valence-corrected chi connectivity index (χ1v) is 6.90. The number of amides is 1. The lowest BCUT2D eigenvalue weighted by Gasteiger charge is -2.15. The Bertz CT molecular complexity index is 493. The normalized spacial score (nSPS) is 27.8. The number of nitrogens with one attached hydrogen (secondary N) is 1. The van der Waals surface area contributed by atoms with E-state index in [2.05, 4.69) is 5.32 Å². The summed E-state index contributed by atoms with van der Waals surface area (Å²) in [7, 11) is 0. The molecule has 2 unspecified atom stereocenters. The summed E-state index contributed by atoms with van der Waals surface area (Å²) in [5, 5.41) is 2.88. The molecule has 4 heteroatoms. The average Bonchev–Trinajstić information content (AvgIpc) is 2.99. The summed E-state index contributed by atoms with van der Waals surface area (Å²) in [6.45, 7) is 2.28. The lowest BCUT2D eigenvalue weighted by Crippen LogP contribution is -2.22. The number of carbonyl (C=O) groups excluding carboxylic acids is 1. The van der Waals surface area contributed by atoms with Crippen LogP contribution in [0.25, 0.3) is 0 Å². The van der Waals surface area contributed by atoms with E-state index in [1.807, 2.05) is 6.92 Å². The van der Waals surface area contributed by atoms with E-state index in [0.29, 0.717) is 18.0 Å². The molecule has 0 radical (unpaired) electrons. The molecule has 2 aliphatic rings. The van der Waals surface area contributed by atoms with Crippen LogP contribution < -0.4 is 10.1 Å². The zero-order chi connectivity index (χ0) is 13.4. The van der Waals surface area contributed by atoms with Crippen molar-refractivity contribution in [3.63, 3.8) is 0 Å². The number of halogens is 1. The van der Waals surface area contributed by atoms with E-state index >= 15 is 0 Å². The number of benzene rings is 1. The SMILES string of the molecule is CCOc1cc(F)ccc1NC(=O)C1CC2CC2C1. The Hall–Kier alpha value is -1.58. The van der Waals surface area contributed by atoms with Crippen LogP contribution in [0, 0.1) is 23.6 Å². The maximum Gasteiger partial charge on any atom is 0.227 e. The van der Waals surface area contributed by atoms with E-state index < -0.39 is 0 Å². The minimum atomic E-state index is -0.358. The van der Waals surface area contributed by atoms with Gasteiger partial charge in [-0.1, -0.05) is 0 Å². The van der Waals surface area contributed by atoms with Gasteiger partial charge >= 0.3 is 0 Å². The standard InChI is InChI=1S/C15H18FNO2/c1-2-19-14-8-12(16)3-4-13(14)17-15(18)11-6-9-5-10(9)7-11/h3-4,8-11H,2,5-7H2,1H3,(H,17,18). The molecular weight excluding hydrogens is 245 g/mol. The Morgan fingerprint density at radius 1 is 1.37 bits per heavy atom. The Morgan fingerprint density at radius 3 is 2.79 bits per heavy atom. The predicted octanol–water partition coefficient (Wildman–Crippen LogP) is 3.21. The molecule has 2 atom stereocenters. The van der Waals surface area contributed by atoms with Crippen LogP contribution in [0.4, 0.5) is 10.1 Å². The number of ether oxygens (including phenoxy) is 1. The first-order valence-electron chi connectivity index (χ1n) is 6.90. The fourth-order valence-corrected chi connectivity index (χ4v) is 3.04. The molecular formula is C15H18FNO2. The number of hydrogen-bond acceptors (Lipinski definition) is 2. The lowest BCUT2D eigenvalue weighted by atomic mass is 10.0. The van der Waals surface area contributed by atoms with E-state index in [0.717, 1.165) is 24.7 Å². The van der Waals surface area contributed by atoms with Gasteiger partial charge in [0.2, 0.25) is 5.91 Å². The van der Waals surface area contributed by atoms with E-state index in [1.54, 1.807) is 6.07 Å². The van der Waals surface area contributed by atoms with Gasteiger partial charge in [0.25, 0.3) is 0 Å². The molecule has 3 nitrogen and oxygen atoms in total. The van der Waals surface area contributed by atoms with Crippen molar-refractivity contribution in [2.24, 2.45) is 17.8 Å². The van der Waals surface area contributed by atoms with Crippen LogP contribution in [0.3, 0.4) is 0 Å². The third-order valence-electron chi connectivity index (χ3n) is 4.12. The maximum atomic E-state index is 13.2. The smallest absolute Gasteiger partial charge is 0.227 e. The predicted molar refractivity (Wildman–Crippen MR) is 70.5 cm³/mol. The van der Waals surface area contributed by atoms with Gasteiger partial charge in [-0.15, -0.1) is 0 Å². The van der Waals surface area contributed by atoms with Crippen molar-refractivity contribution in [2.75, 3.05) is 11.9 Å². The molecule has 1 aromatic carbocycles. The molecule has 3 rings (SSSR count). The molecule has 0 saturated heterocycles. The monoisotopic (exact) mass is 263 g/mol. The van der Waals surface area contributed by atoms with Gasteiger partial charge in [-0.05, 0) is 50.2 Å². The van der Waals surface area contributed by atoms with Gasteiger partial charge in [0, 0.05) is 12.0 Å². The zero-order valence-corrected chi connectivity index (χ0v) is 11.0. The number of fused-ring (bicyclic) bond motifs is 1. The van der Waals surface area contributed by atoms with Crippen molar-refractivity contribution in [2.45, 2.75) is 26.2 Å². The minimum Gasteiger partial charge on any atom is -0.492 e. The highest BCUT2D eigenvalue weighted by atomic mass is 19.1. The number of hydrogen-bond donors (Lipinski definition) is 1. The van der Waals surface area contributed by atoms with E-state index in [-0.39, 0.29) is 17.6 Å². The second-order valence-electron chi connectivity index (χ2n) is 5.49. The molecule has 0 aromatic heterocycles. The fraction of sp³-hybridized carbons (Fsp3) is 0.533. The van der Waals surface area contributed by atoms with Crippen molar-refractivity contribution < 1.29 is 13.9 Å². The molecule has 0 spiro atoms. The van der Waals surface area contributed by atoms with Gasteiger partial charge < -0.3 is 10.1 Å². The highest BCUT2D eigenvalue weighted by Crippen LogP contribution is 2.54. The van der Waals surface area contributed by atoms with Gasteiger partial charge in [0.15, 0.2) is 0 Å². The average molecular weight is 263 g/mol. The Balaban J connectivity index is 1.69. The molecule has 2 aliphatic carbocycles. The van der Waals surface area contributed by atoms with Gasteiger partial charge in [-0.2, -0.15) is 0 Å². The van der Waals surface area contributed by atoms with Gasteiger partial charge in [-0.25, -0.2) is 4.39 Å². The largest absolute Gasteiger partial charge is 0.492 e. The highest BCUT2D eigenvalue weighted by molar-refractivity contribution is 5.94. The molecule has 0 heterocycles. The van der Waals surface area contributed by atoms with Crippen LogP contribution in [0.15, 0.2) is 18.2 Å².